The van der Waals surface area contributed by atoms with Gasteiger partial charge in [0.25, 0.3) is 0 Å². The highest BCUT2D eigenvalue weighted by Crippen LogP contribution is 2.19. The predicted molar refractivity (Wildman–Crippen MR) is 93.0 cm³/mol. The molecule has 2 heterocycles. The van der Waals surface area contributed by atoms with E-state index in [2.05, 4.69) is 20.6 Å². The van der Waals surface area contributed by atoms with E-state index in [9.17, 15) is 13.2 Å². The number of pyridine rings is 1. The molecule has 1 fully saturated rings. The van der Waals surface area contributed by atoms with Crippen molar-refractivity contribution in [3.05, 3.63) is 29.0 Å². The summed E-state index contributed by atoms with van der Waals surface area (Å²) in [5.41, 5.74) is 1.03. The highest BCUT2D eigenvalue weighted by molar-refractivity contribution is 6.29. The smallest absolute Gasteiger partial charge is 0.357 e. The van der Waals surface area contributed by atoms with Gasteiger partial charge in [-0.05, 0) is 31.4 Å². The quantitative estimate of drug-likeness (QED) is 0.454. The average Bonchev–Trinajstić information content (AvgIpc) is 2.94. The van der Waals surface area contributed by atoms with Gasteiger partial charge in [-0.1, -0.05) is 17.7 Å². The Bertz CT molecular complexity index is 562. The van der Waals surface area contributed by atoms with Crippen LogP contribution in [-0.4, -0.2) is 60.8 Å². The van der Waals surface area contributed by atoms with E-state index in [4.69, 9.17) is 11.6 Å². The van der Waals surface area contributed by atoms with Crippen LogP contribution in [-0.2, 0) is 6.42 Å². The summed E-state index contributed by atoms with van der Waals surface area (Å²) in [4.78, 5) is 9.93. The van der Waals surface area contributed by atoms with E-state index in [1.165, 1.54) is 4.90 Å². The molecule has 1 atom stereocenters. The highest BCUT2D eigenvalue weighted by Gasteiger charge is 2.34. The molecule has 1 unspecified atom stereocenters. The van der Waals surface area contributed by atoms with Crippen LogP contribution >= 0.6 is 11.6 Å². The normalized spacial score (nSPS) is 19.2. The van der Waals surface area contributed by atoms with Crippen molar-refractivity contribution < 1.29 is 13.2 Å². The van der Waals surface area contributed by atoms with E-state index in [1.807, 2.05) is 13.0 Å². The lowest BCUT2D eigenvalue weighted by Gasteiger charge is -2.19. The Kier molecular flexibility index (Phi) is 7.31. The first-order valence-corrected chi connectivity index (χ1v) is 8.68. The molecule has 1 saturated heterocycles. The van der Waals surface area contributed by atoms with Gasteiger partial charge in [0.1, 0.15) is 5.15 Å². The molecule has 2 N–H and O–H groups in total. The third-order valence-electron chi connectivity index (χ3n) is 3.82. The molecule has 1 aromatic heterocycles. The second kappa shape index (κ2) is 9.24. The maximum absolute atomic E-state index is 12.5. The highest BCUT2D eigenvalue weighted by atomic mass is 35.5. The van der Waals surface area contributed by atoms with Crippen LogP contribution in [0.25, 0.3) is 0 Å². The Balaban J connectivity index is 1.82. The zero-order chi connectivity index (χ0) is 18.3. The van der Waals surface area contributed by atoms with Crippen LogP contribution < -0.4 is 10.6 Å². The molecular formula is C16H23ClF3N5. The summed E-state index contributed by atoms with van der Waals surface area (Å²) in [6.07, 6.45) is -1.06. The molecular weight excluding hydrogens is 355 g/mol. The Labute approximate surface area is 150 Å². The lowest BCUT2D eigenvalue weighted by atomic mass is 10.2. The van der Waals surface area contributed by atoms with Crippen LogP contribution in [0.1, 0.15) is 18.9 Å². The molecule has 25 heavy (non-hydrogen) atoms. The maximum Gasteiger partial charge on any atom is 0.401 e. The molecule has 1 aliphatic rings. The summed E-state index contributed by atoms with van der Waals surface area (Å²) >= 11 is 5.75. The van der Waals surface area contributed by atoms with Crippen LogP contribution in [0.3, 0.4) is 0 Å². The SMILES string of the molecule is CCNC(=NCCc1ccc(Cl)nc1)NC1CCN(CC(F)(F)F)C1. The van der Waals surface area contributed by atoms with Gasteiger partial charge in [0.15, 0.2) is 5.96 Å². The Morgan fingerprint density at radius 2 is 2.24 bits per heavy atom. The minimum atomic E-state index is -4.15. The van der Waals surface area contributed by atoms with Crippen LogP contribution in [0, 0.1) is 0 Å². The van der Waals surface area contributed by atoms with Crippen molar-refractivity contribution >= 4 is 17.6 Å². The minimum absolute atomic E-state index is 0.0302. The number of alkyl halides is 3. The Morgan fingerprint density at radius 3 is 2.88 bits per heavy atom. The van der Waals surface area contributed by atoms with Crippen molar-refractivity contribution in [3.63, 3.8) is 0 Å². The van der Waals surface area contributed by atoms with E-state index in [-0.39, 0.29) is 6.04 Å². The third-order valence-corrected chi connectivity index (χ3v) is 4.04. The molecule has 0 bridgehead atoms. The lowest BCUT2D eigenvalue weighted by Crippen LogP contribution is -2.45. The second-order valence-electron chi connectivity index (χ2n) is 5.98. The van der Waals surface area contributed by atoms with Gasteiger partial charge in [-0.15, -0.1) is 0 Å². The molecule has 5 nitrogen and oxygen atoms in total. The number of hydrogen-bond acceptors (Lipinski definition) is 3. The first kappa shape index (κ1) is 19.8. The van der Waals surface area contributed by atoms with Gasteiger partial charge in [-0.3, -0.25) is 9.89 Å². The van der Waals surface area contributed by atoms with Gasteiger partial charge < -0.3 is 10.6 Å². The van der Waals surface area contributed by atoms with Gasteiger partial charge in [-0.2, -0.15) is 13.2 Å². The topological polar surface area (TPSA) is 52.6 Å². The number of nitrogens with one attached hydrogen (secondary N) is 2. The molecule has 0 amide bonds. The number of aliphatic imine (C=N–C) groups is 1. The van der Waals surface area contributed by atoms with E-state index >= 15 is 0 Å². The van der Waals surface area contributed by atoms with Gasteiger partial charge in [0, 0.05) is 38.4 Å². The molecule has 2 rings (SSSR count). The molecule has 140 valence electrons. The monoisotopic (exact) mass is 377 g/mol. The number of rotatable bonds is 6. The summed E-state index contributed by atoms with van der Waals surface area (Å²) in [7, 11) is 0. The van der Waals surface area contributed by atoms with Gasteiger partial charge >= 0.3 is 6.18 Å². The van der Waals surface area contributed by atoms with Crippen LogP contribution in [0.4, 0.5) is 13.2 Å². The van der Waals surface area contributed by atoms with Crippen molar-refractivity contribution in [2.45, 2.75) is 32.0 Å². The standard InChI is InChI=1S/C16H23ClF3N5/c1-2-21-15(22-7-5-12-3-4-14(17)23-9-12)24-13-6-8-25(10-13)11-16(18,19)20/h3-4,9,13H,2,5-8,10-11H2,1H3,(H2,21,22,24). The van der Waals surface area contributed by atoms with Crippen LogP contribution in [0.15, 0.2) is 23.3 Å². The zero-order valence-corrected chi connectivity index (χ0v) is 14.9. The fourth-order valence-electron chi connectivity index (χ4n) is 2.71. The maximum atomic E-state index is 12.5. The predicted octanol–water partition coefficient (Wildman–Crippen LogP) is 2.47. The van der Waals surface area contributed by atoms with Crippen molar-refractivity contribution in [3.8, 4) is 0 Å². The van der Waals surface area contributed by atoms with E-state index < -0.39 is 12.7 Å². The molecule has 0 saturated carbocycles. The molecule has 0 aliphatic carbocycles. The molecule has 0 radical (unpaired) electrons. The lowest BCUT2D eigenvalue weighted by molar-refractivity contribution is -0.143. The minimum Gasteiger partial charge on any atom is -0.357 e. The van der Waals surface area contributed by atoms with Crippen molar-refractivity contribution in [1.29, 1.82) is 0 Å². The van der Waals surface area contributed by atoms with Crippen molar-refractivity contribution in [2.75, 3.05) is 32.7 Å². The summed E-state index contributed by atoms with van der Waals surface area (Å²) in [6.45, 7) is 3.14. The third kappa shape index (κ3) is 7.48. The zero-order valence-electron chi connectivity index (χ0n) is 14.1. The number of halogens is 4. The number of nitrogens with zero attached hydrogens (tertiary/aromatic N) is 3. The summed E-state index contributed by atoms with van der Waals surface area (Å²) < 4.78 is 37.4. The molecule has 0 spiro atoms. The Hall–Kier alpha value is -1.54. The summed E-state index contributed by atoms with van der Waals surface area (Å²) in [6, 6.07) is 3.60. The number of likely N-dealkylation sites (tertiary alicyclic amines) is 1. The largest absolute Gasteiger partial charge is 0.401 e. The summed E-state index contributed by atoms with van der Waals surface area (Å²) in [5, 5.41) is 6.80. The molecule has 9 heteroatoms. The number of guanidine groups is 1. The van der Waals surface area contributed by atoms with Gasteiger partial charge in [0.05, 0.1) is 6.54 Å². The van der Waals surface area contributed by atoms with Crippen molar-refractivity contribution in [1.82, 2.24) is 20.5 Å². The van der Waals surface area contributed by atoms with Crippen molar-refractivity contribution in [2.24, 2.45) is 4.99 Å². The van der Waals surface area contributed by atoms with Crippen LogP contribution in [0.2, 0.25) is 5.15 Å². The number of aromatic nitrogens is 1. The number of hydrogen-bond donors (Lipinski definition) is 2. The first-order chi connectivity index (χ1) is 11.9. The molecule has 0 aromatic carbocycles. The van der Waals surface area contributed by atoms with E-state index in [0.717, 1.165) is 5.56 Å². The van der Waals surface area contributed by atoms with Gasteiger partial charge in [0.2, 0.25) is 0 Å². The second-order valence-corrected chi connectivity index (χ2v) is 6.37. The fourth-order valence-corrected chi connectivity index (χ4v) is 2.82. The van der Waals surface area contributed by atoms with Crippen LogP contribution in [0.5, 0.6) is 0 Å². The molecule has 1 aromatic rings. The average molecular weight is 378 g/mol. The summed E-state index contributed by atoms with van der Waals surface area (Å²) in [5.74, 6) is 0.628. The molecule has 1 aliphatic heterocycles. The van der Waals surface area contributed by atoms with E-state index in [1.54, 1.807) is 12.3 Å². The fraction of sp³-hybridized carbons (Fsp3) is 0.625. The first-order valence-electron chi connectivity index (χ1n) is 8.30. The van der Waals surface area contributed by atoms with Gasteiger partial charge in [-0.25, -0.2) is 4.98 Å². The Morgan fingerprint density at radius 1 is 1.44 bits per heavy atom. The van der Waals surface area contributed by atoms with E-state index in [0.29, 0.717) is 50.1 Å².